The number of alkyl carbamates (subject to hydrolysis) is 1. The Kier molecular flexibility index (Phi) is 8.50. The van der Waals surface area contributed by atoms with Crippen molar-refractivity contribution in [3.8, 4) is 11.1 Å². The van der Waals surface area contributed by atoms with Gasteiger partial charge in [-0.25, -0.2) is 9.59 Å². The molecule has 1 fully saturated rings. The van der Waals surface area contributed by atoms with E-state index < -0.39 is 17.6 Å². The first-order valence-electron chi connectivity index (χ1n) is 13.9. The van der Waals surface area contributed by atoms with Crippen molar-refractivity contribution in [2.45, 2.75) is 37.8 Å². The topological polar surface area (TPSA) is 108 Å². The maximum absolute atomic E-state index is 13.5. The van der Waals surface area contributed by atoms with Crippen LogP contribution in [0.3, 0.4) is 0 Å². The molecule has 0 radical (unpaired) electrons. The van der Waals surface area contributed by atoms with E-state index in [0.717, 1.165) is 28.8 Å². The summed E-state index contributed by atoms with van der Waals surface area (Å²) in [7, 11) is 0. The third-order valence-corrected chi connectivity index (χ3v) is 8.09. The van der Waals surface area contributed by atoms with E-state index >= 15 is 0 Å². The van der Waals surface area contributed by atoms with Gasteiger partial charge in [0.05, 0.1) is 0 Å². The van der Waals surface area contributed by atoms with Crippen molar-refractivity contribution in [3.63, 3.8) is 0 Å². The number of ether oxygens (including phenoxy) is 1. The van der Waals surface area contributed by atoms with Crippen LogP contribution in [0.4, 0.5) is 4.79 Å². The van der Waals surface area contributed by atoms with Crippen molar-refractivity contribution >= 4 is 18.0 Å². The molecule has 0 atom stereocenters. The molecular formula is C33H35N3O5. The van der Waals surface area contributed by atoms with E-state index in [1.54, 1.807) is 0 Å². The molecule has 0 unspecified atom stereocenters. The molecule has 2 aliphatic rings. The van der Waals surface area contributed by atoms with Gasteiger partial charge in [-0.05, 0) is 47.6 Å². The Morgan fingerprint density at radius 1 is 0.927 bits per heavy atom. The van der Waals surface area contributed by atoms with Crippen LogP contribution in [0.25, 0.3) is 11.1 Å². The van der Waals surface area contributed by atoms with Gasteiger partial charge in [0.15, 0.2) is 0 Å². The molecule has 0 bridgehead atoms. The van der Waals surface area contributed by atoms with Gasteiger partial charge >= 0.3 is 12.1 Å². The van der Waals surface area contributed by atoms with Gasteiger partial charge in [0.2, 0.25) is 5.91 Å². The van der Waals surface area contributed by atoms with Crippen LogP contribution < -0.4 is 10.6 Å². The number of nitrogens with one attached hydrogen (secondary N) is 2. The van der Waals surface area contributed by atoms with Gasteiger partial charge in [0.25, 0.3) is 0 Å². The molecule has 1 aliphatic heterocycles. The molecule has 1 aliphatic carbocycles. The number of carbonyl (C=O) groups is 3. The second kappa shape index (κ2) is 12.4. The minimum absolute atomic E-state index is 0.0544. The summed E-state index contributed by atoms with van der Waals surface area (Å²) in [6.07, 6.45) is 1.61. The predicted octanol–water partition coefficient (Wildman–Crippen LogP) is 4.71. The quantitative estimate of drug-likeness (QED) is 0.332. The van der Waals surface area contributed by atoms with Crippen molar-refractivity contribution in [2.75, 3.05) is 26.2 Å². The van der Waals surface area contributed by atoms with E-state index in [0.29, 0.717) is 25.9 Å². The zero-order valence-electron chi connectivity index (χ0n) is 23.1. The van der Waals surface area contributed by atoms with Crippen LogP contribution >= 0.6 is 0 Å². The summed E-state index contributed by atoms with van der Waals surface area (Å²) in [5.41, 5.74) is 4.67. The van der Waals surface area contributed by atoms with Gasteiger partial charge in [0, 0.05) is 37.7 Å². The van der Waals surface area contributed by atoms with E-state index in [9.17, 15) is 14.4 Å². The molecule has 3 N–H and O–H groups in total. The fourth-order valence-corrected chi connectivity index (χ4v) is 5.73. The van der Waals surface area contributed by atoms with Crippen molar-refractivity contribution in [2.24, 2.45) is 0 Å². The summed E-state index contributed by atoms with van der Waals surface area (Å²) in [4.78, 5) is 40.1. The smallest absolute Gasteiger partial charge is 0.408 e. The average Bonchev–Trinajstić information content (AvgIpc) is 3.31. The predicted molar refractivity (Wildman–Crippen MR) is 156 cm³/mol. The van der Waals surface area contributed by atoms with Crippen molar-refractivity contribution in [3.05, 3.63) is 107 Å². The average molecular weight is 554 g/mol. The molecule has 5 rings (SSSR count). The number of piperidine rings is 1. The molecule has 8 heteroatoms. The maximum Gasteiger partial charge on any atom is 0.408 e. The number of amides is 2. The van der Waals surface area contributed by atoms with E-state index in [1.807, 2.05) is 42.5 Å². The molecule has 0 saturated carbocycles. The molecule has 0 aromatic heterocycles. The van der Waals surface area contributed by atoms with Crippen molar-refractivity contribution in [1.29, 1.82) is 0 Å². The van der Waals surface area contributed by atoms with Crippen molar-refractivity contribution in [1.82, 2.24) is 15.5 Å². The fraction of sp³-hybridized carbons (Fsp3) is 0.303. The van der Waals surface area contributed by atoms with Crippen LogP contribution in [-0.4, -0.2) is 59.8 Å². The Bertz CT molecular complexity index is 1400. The second-order valence-corrected chi connectivity index (χ2v) is 10.7. The third kappa shape index (κ3) is 6.33. The van der Waals surface area contributed by atoms with Gasteiger partial charge in [0.1, 0.15) is 12.1 Å². The van der Waals surface area contributed by atoms with Crippen LogP contribution in [0.5, 0.6) is 0 Å². The van der Waals surface area contributed by atoms with Crippen LogP contribution in [-0.2, 0) is 20.9 Å². The highest BCUT2D eigenvalue weighted by Crippen LogP contribution is 2.44. The minimum Gasteiger partial charge on any atom is -0.478 e. The minimum atomic E-state index is -1.17. The first kappa shape index (κ1) is 28.1. The normalized spacial score (nSPS) is 16.4. The van der Waals surface area contributed by atoms with Crippen LogP contribution in [0.2, 0.25) is 0 Å². The van der Waals surface area contributed by atoms with E-state index in [4.69, 9.17) is 9.84 Å². The van der Waals surface area contributed by atoms with E-state index in [-0.39, 0.29) is 30.5 Å². The Labute approximate surface area is 240 Å². The number of fused-ring (bicyclic) bond motifs is 3. The SMILES string of the molecule is C/C(=C\CNC(=O)C1(NC(=O)OCC2c3ccccc3-c3ccccc32)CCN(Cc2ccccc2)CC1)C(=O)O. The number of rotatable bonds is 9. The summed E-state index contributed by atoms with van der Waals surface area (Å²) in [5, 5.41) is 14.8. The lowest BCUT2D eigenvalue weighted by Crippen LogP contribution is -2.63. The lowest BCUT2D eigenvalue weighted by Gasteiger charge is -2.40. The van der Waals surface area contributed by atoms with Gasteiger partial charge in [-0.3, -0.25) is 9.69 Å². The molecule has 3 aromatic carbocycles. The highest BCUT2D eigenvalue weighted by atomic mass is 16.5. The Hall–Kier alpha value is -4.43. The zero-order valence-corrected chi connectivity index (χ0v) is 23.1. The van der Waals surface area contributed by atoms with Crippen LogP contribution in [0, 0.1) is 0 Å². The largest absolute Gasteiger partial charge is 0.478 e. The highest BCUT2D eigenvalue weighted by Gasteiger charge is 2.43. The number of hydrogen-bond acceptors (Lipinski definition) is 5. The molecule has 212 valence electrons. The zero-order chi connectivity index (χ0) is 28.8. The summed E-state index contributed by atoms with van der Waals surface area (Å²) < 4.78 is 5.78. The molecule has 3 aromatic rings. The fourth-order valence-electron chi connectivity index (χ4n) is 5.73. The summed E-state index contributed by atoms with van der Waals surface area (Å²) in [5.74, 6) is -1.48. The molecule has 1 saturated heterocycles. The Balaban J connectivity index is 1.27. The van der Waals surface area contributed by atoms with Gasteiger partial charge in [-0.15, -0.1) is 0 Å². The van der Waals surface area contributed by atoms with Gasteiger partial charge in [-0.1, -0.05) is 84.9 Å². The number of benzene rings is 3. The van der Waals surface area contributed by atoms with Crippen LogP contribution in [0.1, 0.15) is 42.4 Å². The highest BCUT2D eigenvalue weighted by molar-refractivity contribution is 5.91. The standard InChI is InChI=1S/C33H35N3O5/c1-23(30(37)38)15-18-34-31(39)33(16-19-36(20-17-33)21-24-9-3-2-4-10-24)35-32(40)41-22-29-27-13-7-5-11-25(27)26-12-6-8-14-28(26)29/h2-15,29H,16-22H2,1H3,(H,34,39)(H,35,40)(H,37,38)/b23-15+. The summed E-state index contributed by atoms with van der Waals surface area (Å²) >= 11 is 0. The molecule has 2 amide bonds. The summed E-state index contributed by atoms with van der Waals surface area (Å²) in [6, 6.07) is 26.4. The lowest BCUT2D eigenvalue weighted by molar-refractivity contribution is -0.133. The lowest BCUT2D eigenvalue weighted by atomic mass is 9.86. The number of carboxylic acids is 1. The maximum atomic E-state index is 13.5. The number of aliphatic carboxylic acids is 1. The number of nitrogens with zero attached hydrogens (tertiary/aromatic N) is 1. The molecule has 0 spiro atoms. The first-order chi connectivity index (χ1) is 19.9. The molecular weight excluding hydrogens is 518 g/mol. The van der Waals surface area contributed by atoms with Crippen molar-refractivity contribution < 1.29 is 24.2 Å². The summed E-state index contributed by atoms with van der Waals surface area (Å²) in [6.45, 7) is 3.65. The number of carbonyl (C=O) groups excluding carboxylic acids is 2. The Morgan fingerprint density at radius 2 is 1.51 bits per heavy atom. The van der Waals surface area contributed by atoms with Crippen LogP contribution in [0.15, 0.2) is 90.5 Å². The number of carboxylic acid groups (broad SMARTS) is 1. The van der Waals surface area contributed by atoms with Gasteiger partial charge < -0.3 is 20.5 Å². The van der Waals surface area contributed by atoms with E-state index in [2.05, 4.69) is 51.9 Å². The number of likely N-dealkylation sites (tertiary alicyclic amines) is 1. The van der Waals surface area contributed by atoms with E-state index in [1.165, 1.54) is 18.6 Å². The molecule has 1 heterocycles. The monoisotopic (exact) mass is 553 g/mol. The number of hydrogen-bond donors (Lipinski definition) is 3. The second-order valence-electron chi connectivity index (χ2n) is 10.7. The molecule has 41 heavy (non-hydrogen) atoms. The van der Waals surface area contributed by atoms with Gasteiger partial charge in [-0.2, -0.15) is 0 Å². The Morgan fingerprint density at radius 3 is 2.12 bits per heavy atom. The third-order valence-electron chi connectivity index (χ3n) is 8.09. The molecule has 8 nitrogen and oxygen atoms in total. The first-order valence-corrected chi connectivity index (χ1v) is 13.9.